The summed E-state index contributed by atoms with van der Waals surface area (Å²) < 4.78 is 0. The van der Waals surface area contributed by atoms with Crippen molar-refractivity contribution in [2.75, 3.05) is 19.6 Å². The topological polar surface area (TPSA) is 23.5 Å². The van der Waals surface area contributed by atoms with Crippen molar-refractivity contribution >= 4 is 0 Å². The van der Waals surface area contributed by atoms with Crippen LogP contribution >= 0.6 is 0 Å². The number of β-amino-alcohol motifs (C(OH)–C–C–N with tert-alkyl or cyclic N) is 1. The standard InChI is InChI=1S/C9H15NO/c1-2-5-10-6-8(11)9(7-10)3-4-9/h2,8,11H,1,3-7H2. The summed E-state index contributed by atoms with van der Waals surface area (Å²) in [5.74, 6) is 0. The maximum absolute atomic E-state index is 9.64. The molecule has 1 saturated carbocycles. The van der Waals surface area contributed by atoms with Crippen molar-refractivity contribution in [3.63, 3.8) is 0 Å². The highest BCUT2D eigenvalue weighted by molar-refractivity contribution is 5.07. The molecule has 1 saturated heterocycles. The van der Waals surface area contributed by atoms with Crippen LogP contribution in [-0.4, -0.2) is 35.7 Å². The molecule has 0 aromatic carbocycles. The third-order valence-electron chi connectivity index (χ3n) is 2.96. The van der Waals surface area contributed by atoms with E-state index in [4.69, 9.17) is 0 Å². The van der Waals surface area contributed by atoms with Crippen LogP contribution in [-0.2, 0) is 0 Å². The quantitative estimate of drug-likeness (QED) is 0.588. The Bertz CT molecular complexity index is 174. The summed E-state index contributed by atoms with van der Waals surface area (Å²) in [7, 11) is 0. The first-order valence-corrected chi connectivity index (χ1v) is 4.28. The number of hydrogen-bond acceptors (Lipinski definition) is 2. The fraction of sp³-hybridized carbons (Fsp3) is 0.778. The van der Waals surface area contributed by atoms with Gasteiger partial charge in [0, 0.05) is 25.0 Å². The number of aliphatic hydroxyl groups is 1. The maximum Gasteiger partial charge on any atom is 0.0735 e. The van der Waals surface area contributed by atoms with Gasteiger partial charge in [-0.05, 0) is 12.8 Å². The monoisotopic (exact) mass is 153 g/mol. The van der Waals surface area contributed by atoms with E-state index in [2.05, 4.69) is 11.5 Å². The van der Waals surface area contributed by atoms with E-state index >= 15 is 0 Å². The molecule has 0 radical (unpaired) electrons. The molecule has 0 bridgehead atoms. The van der Waals surface area contributed by atoms with Crippen molar-refractivity contribution < 1.29 is 5.11 Å². The Balaban J connectivity index is 1.96. The van der Waals surface area contributed by atoms with Crippen LogP contribution in [0.2, 0.25) is 0 Å². The van der Waals surface area contributed by atoms with Crippen molar-refractivity contribution in [2.24, 2.45) is 5.41 Å². The molecule has 2 heteroatoms. The Morgan fingerprint density at radius 3 is 2.82 bits per heavy atom. The average molecular weight is 153 g/mol. The molecule has 1 spiro atoms. The Hall–Kier alpha value is -0.340. The number of nitrogens with zero attached hydrogens (tertiary/aromatic N) is 1. The zero-order chi connectivity index (χ0) is 7.90. The van der Waals surface area contributed by atoms with Gasteiger partial charge in [-0.15, -0.1) is 6.58 Å². The Morgan fingerprint density at radius 2 is 2.36 bits per heavy atom. The van der Waals surface area contributed by atoms with E-state index in [1.165, 1.54) is 12.8 Å². The molecule has 1 atom stereocenters. The molecule has 1 heterocycles. The van der Waals surface area contributed by atoms with Gasteiger partial charge in [-0.25, -0.2) is 0 Å². The van der Waals surface area contributed by atoms with Gasteiger partial charge in [-0.3, -0.25) is 4.90 Å². The zero-order valence-electron chi connectivity index (χ0n) is 6.79. The van der Waals surface area contributed by atoms with Crippen LogP contribution in [0.3, 0.4) is 0 Å². The van der Waals surface area contributed by atoms with Gasteiger partial charge in [0.05, 0.1) is 6.10 Å². The minimum absolute atomic E-state index is 0.0672. The minimum atomic E-state index is -0.0672. The van der Waals surface area contributed by atoms with Gasteiger partial charge in [0.1, 0.15) is 0 Å². The second kappa shape index (κ2) is 2.32. The molecule has 11 heavy (non-hydrogen) atoms. The van der Waals surface area contributed by atoms with Crippen LogP contribution in [0.4, 0.5) is 0 Å². The van der Waals surface area contributed by atoms with Gasteiger partial charge in [0.2, 0.25) is 0 Å². The van der Waals surface area contributed by atoms with E-state index in [-0.39, 0.29) is 6.10 Å². The Kier molecular flexibility index (Phi) is 1.55. The van der Waals surface area contributed by atoms with Crippen molar-refractivity contribution in [1.29, 1.82) is 0 Å². The average Bonchev–Trinajstić information content (AvgIpc) is 2.63. The first-order valence-electron chi connectivity index (χ1n) is 4.28. The largest absolute Gasteiger partial charge is 0.391 e. The molecule has 1 N–H and O–H groups in total. The van der Waals surface area contributed by atoms with Crippen molar-refractivity contribution in [1.82, 2.24) is 4.90 Å². The Morgan fingerprint density at radius 1 is 1.64 bits per heavy atom. The van der Waals surface area contributed by atoms with E-state index in [1.807, 2.05) is 6.08 Å². The van der Waals surface area contributed by atoms with Crippen LogP contribution in [0.5, 0.6) is 0 Å². The van der Waals surface area contributed by atoms with Crippen LogP contribution in [0.1, 0.15) is 12.8 Å². The van der Waals surface area contributed by atoms with Crippen molar-refractivity contribution in [2.45, 2.75) is 18.9 Å². The lowest BCUT2D eigenvalue weighted by Gasteiger charge is -2.11. The van der Waals surface area contributed by atoms with Gasteiger partial charge in [0.25, 0.3) is 0 Å². The number of likely N-dealkylation sites (tertiary alicyclic amines) is 1. The van der Waals surface area contributed by atoms with E-state index in [1.54, 1.807) is 0 Å². The molecule has 0 aromatic rings. The van der Waals surface area contributed by atoms with Crippen molar-refractivity contribution in [3.8, 4) is 0 Å². The lowest BCUT2D eigenvalue weighted by atomic mass is 10.0. The molecular formula is C9H15NO. The van der Waals surface area contributed by atoms with Crippen LogP contribution in [0.15, 0.2) is 12.7 Å². The molecule has 0 aromatic heterocycles. The van der Waals surface area contributed by atoms with Crippen molar-refractivity contribution in [3.05, 3.63) is 12.7 Å². The summed E-state index contributed by atoms with van der Waals surface area (Å²) in [4.78, 5) is 2.28. The van der Waals surface area contributed by atoms with Gasteiger partial charge in [0.15, 0.2) is 0 Å². The summed E-state index contributed by atoms with van der Waals surface area (Å²) in [6, 6.07) is 0. The van der Waals surface area contributed by atoms with Crippen LogP contribution in [0, 0.1) is 5.41 Å². The summed E-state index contributed by atoms with van der Waals surface area (Å²) in [6.45, 7) is 6.56. The highest BCUT2D eigenvalue weighted by Gasteiger charge is 2.53. The lowest BCUT2D eigenvalue weighted by molar-refractivity contribution is 0.132. The second-order valence-electron chi connectivity index (χ2n) is 3.86. The lowest BCUT2D eigenvalue weighted by Crippen LogP contribution is -2.21. The molecule has 2 aliphatic rings. The zero-order valence-corrected chi connectivity index (χ0v) is 6.79. The highest BCUT2D eigenvalue weighted by atomic mass is 16.3. The number of aliphatic hydroxyl groups excluding tert-OH is 1. The van der Waals surface area contributed by atoms with E-state index in [0.29, 0.717) is 5.41 Å². The minimum Gasteiger partial charge on any atom is -0.391 e. The molecule has 2 fully saturated rings. The Labute approximate surface area is 67.5 Å². The fourth-order valence-corrected chi connectivity index (χ4v) is 2.03. The predicted molar refractivity (Wildman–Crippen MR) is 44.3 cm³/mol. The third kappa shape index (κ3) is 1.10. The molecule has 62 valence electrons. The molecular weight excluding hydrogens is 138 g/mol. The van der Waals surface area contributed by atoms with E-state index in [0.717, 1.165) is 19.6 Å². The molecule has 2 nitrogen and oxygen atoms in total. The summed E-state index contributed by atoms with van der Waals surface area (Å²) in [5, 5.41) is 9.64. The molecule has 1 aliphatic heterocycles. The van der Waals surface area contributed by atoms with Gasteiger partial charge in [-0.1, -0.05) is 6.08 Å². The van der Waals surface area contributed by atoms with Gasteiger partial charge in [-0.2, -0.15) is 0 Å². The van der Waals surface area contributed by atoms with Gasteiger partial charge >= 0.3 is 0 Å². The van der Waals surface area contributed by atoms with E-state index in [9.17, 15) is 5.11 Å². The van der Waals surface area contributed by atoms with Crippen LogP contribution < -0.4 is 0 Å². The van der Waals surface area contributed by atoms with Crippen LogP contribution in [0.25, 0.3) is 0 Å². The molecule has 1 aliphatic carbocycles. The normalized spacial score (nSPS) is 34.5. The summed E-state index contributed by atoms with van der Waals surface area (Å²) in [6.07, 6.45) is 4.29. The van der Waals surface area contributed by atoms with Gasteiger partial charge < -0.3 is 5.11 Å². The SMILES string of the molecule is C=CCN1CC(O)C2(CC2)C1. The molecule has 1 unspecified atom stereocenters. The first kappa shape index (κ1) is 7.32. The second-order valence-corrected chi connectivity index (χ2v) is 3.86. The number of rotatable bonds is 2. The highest BCUT2D eigenvalue weighted by Crippen LogP contribution is 2.52. The molecule has 0 amide bonds. The summed E-state index contributed by atoms with van der Waals surface area (Å²) >= 11 is 0. The third-order valence-corrected chi connectivity index (χ3v) is 2.96. The van der Waals surface area contributed by atoms with E-state index < -0.39 is 0 Å². The maximum atomic E-state index is 9.64. The number of hydrogen-bond donors (Lipinski definition) is 1. The summed E-state index contributed by atoms with van der Waals surface area (Å²) in [5.41, 5.74) is 0.309. The molecule has 2 rings (SSSR count). The predicted octanol–water partition coefficient (Wildman–Crippen LogP) is 0.629. The first-order chi connectivity index (χ1) is 5.27. The fourth-order valence-electron chi connectivity index (χ4n) is 2.03. The smallest absolute Gasteiger partial charge is 0.0735 e.